The Morgan fingerprint density at radius 3 is 3.00 bits per heavy atom. The lowest BCUT2D eigenvalue weighted by atomic mass is 10.0. The Hall–Kier alpha value is -3.07. The van der Waals surface area contributed by atoms with Crippen LogP contribution in [0.25, 0.3) is 5.65 Å². The van der Waals surface area contributed by atoms with E-state index < -0.39 is 12.1 Å². The Morgan fingerprint density at radius 2 is 2.21 bits per heavy atom. The molecule has 0 bridgehead atoms. The molecule has 0 spiro atoms. The highest BCUT2D eigenvalue weighted by Gasteiger charge is 2.34. The van der Waals surface area contributed by atoms with Gasteiger partial charge >= 0.3 is 0 Å². The summed E-state index contributed by atoms with van der Waals surface area (Å²) >= 11 is 0. The van der Waals surface area contributed by atoms with Crippen molar-refractivity contribution >= 4 is 17.4 Å². The van der Waals surface area contributed by atoms with Crippen molar-refractivity contribution in [2.24, 2.45) is 0 Å². The van der Waals surface area contributed by atoms with Gasteiger partial charge < -0.3 is 15.3 Å². The van der Waals surface area contributed by atoms with Crippen molar-refractivity contribution in [3.8, 4) is 0 Å². The molecule has 1 unspecified atom stereocenters. The topological polar surface area (TPSA) is 82.8 Å². The number of carbonyl (C=O) groups is 1. The minimum atomic E-state index is -1.07. The van der Waals surface area contributed by atoms with Crippen molar-refractivity contribution in [1.29, 1.82) is 0 Å². The standard InChI is InChI=1S/C19H19F2N5O2/c20-13-3-1-2-12(8-13)16-9-14(21)11-25(16)17-4-6-26-18(24-17)15(10-23-26)19(28)22-5-7-27/h1-4,6,8,10,14,16,27H,5,7,9,11H2,(H,22,28)/t14-,16?/m0/s1. The summed E-state index contributed by atoms with van der Waals surface area (Å²) in [6, 6.07) is 7.47. The van der Waals surface area contributed by atoms with Gasteiger partial charge in [-0.15, -0.1) is 0 Å². The summed E-state index contributed by atoms with van der Waals surface area (Å²) in [5, 5.41) is 15.5. The average Bonchev–Trinajstić information content (AvgIpc) is 3.29. The molecule has 3 aromatic rings. The lowest BCUT2D eigenvalue weighted by molar-refractivity contribution is 0.0946. The van der Waals surface area contributed by atoms with Crippen LogP contribution < -0.4 is 10.2 Å². The third-order valence-electron chi connectivity index (χ3n) is 4.77. The summed E-state index contributed by atoms with van der Waals surface area (Å²) in [4.78, 5) is 18.6. The Morgan fingerprint density at radius 1 is 1.36 bits per heavy atom. The number of anilines is 1. The SMILES string of the molecule is O=C(NCCO)c1cnn2ccc(N3C[C@@H](F)CC3c3cccc(F)c3)nc12. The van der Waals surface area contributed by atoms with Crippen molar-refractivity contribution in [2.45, 2.75) is 18.6 Å². The van der Waals surface area contributed by atoms with E-state index in [0.717, 1.165) is 0 Å². The number of alkyl halides is 1. The molecule has 2 aromatic heterocycles. The van der Waals surface area contributed by atoms with Gasteiger partial charge in [0, 0.05) is 19.2 Å². The number of aliphatic hydroxyl groups excluding tert-OH is 1. The van der Waals surface area contributed by atoms with Crippen LogP contribution in [0.3, 0.4) is 0 Å². The number of nitrogens with one attached hydrogen (secondary N) is 1. The van der Waals surface area contributed by atoms with E-state index in [0.29, 0.717) is 17.0 Å². The number of aliphatic hydroxyl groups is 1. The maximum atomic E-state index is 14.2. The molecule has 9 heteroatoms. The minimum Gasteiger partial charge on any atom is -0.395 e. The molecule has 7 nitrogen and oxygen atoms in total. The molecule has 0 aliphatic carbocycles. The minimum absolute atomic E-state index is 0.118. The molecule has 1 saturated heterocycles. The fraction of sp³-hybridized carbons (Fsp3) is 0.316. The largest absolute Gasteiger partial charge is 0.395 e. The van der Waals surface area contributed by atoms with Crippen LogP contribution in [0.5, 0.6) is 0 Å². The molecule has 1 aliphatic heterocycles. The van der Waals surface area contributed by atoms with E-state index >= 15 is 0 Å². The van der Waals surface area contributed by atoms with E-state index in [4.69, 9.17) is 5.11 Å². The highest BCUT2D eigenvalue weighted by Crippen LogP contribution is 2.37. The van der Waals surface area contributed by atoms with Crippen molar-refractivity contribution in [1.82, 2.24) is 19.9 Å². The summed E-state index contributed by atoms with van der Waals surface area (Å²) in [6.45, 7) is 0.0717. The molecule has 2 atom stereocenters. The zero-order valence-corrected chi connectivity index (χ0v) is 14.9. The van der Waals surface area contributed by atoms with Gasteiger partial charge in [0.25, 0.3) is 5.91 Å². The van der Waals surface area contributed by atoms with Gasteiger partial charge in [-0.3, -0.25) is 4.79 Å². The van der Waals surface area contributed by atoms with Crippen LogP contribution in [-0.2, 0) is 0 Å². The van der Waals surface area contributed by atoms with Crippen molar-refractivity contribution in [3.63, 3.8) is 0 Å². The van der Waals surface area contributed by atoms with Gasteiger partial charge in [0.05, 0.1) is 25.4 Å². The second-order valence-electron chi connectivity index (χ2n) is 6.65. The van der Waals surface area contributed by atoms with Crippen LogP contribution >= 0.6 is 0 Å². The van der Waals surface area contributed by atoms with Gasteiger partial charge in [0.1, 0.15) is 23.4 Å². The van der Waals surface area contributed by atoms with E-state index in [1.54, 1.807) is 29.3 Å². The first kappa shape index (κ1) is 18.3. The highest BCUT2D eigenvalue weighted by atomic mass is 19.1. The molecule has 1 aromatic carbocycles. The van der Waals surface area contributed by atoms with Crippen LogP contribution in [-0.4, -0.2) is 51.5 Å². The summed E-state index contributed by atoms with van der Waals surface area (Å²) < 4.78 is 29.3. The number of fused-ring (bicyclic) bond motifs is 1. The number of hydrogen-bond donors (Lipinski definition) is 2. The molecule has 1 aliphatic rings. The maximum absolute atomic E-state index is 14.2. The summed E-state index contributed by atoms with van der Waals surface area (Å²) in [7, 11) is 0. The first-order valence-electron chi connectivity index (χ1n) is 8.96. The molecule has 1 fully saturated rings. The second kappa shape index (κ2) is 7.51. The fourth-order valence-electron chi connectivity index (χ4n) is 3.51. The van der Waals surface area contributed by atoms with Crippen LogP contribution in [0.1, 0.15) is 28.4 Å². The third kappa shape index (κ3) is 3.40. The molecular formula is C19H19F2N5O2. The fourth-order valence-corrected chi connectivity index (χ4v) is 3.51. The second-order valence-corrected chi connectivity index (χ2v) is 6.65. The Labute approximate surface area is 159 Å². The van der Waals surface area contributed by atoms with Gasteiger partial charge in [0.2, 0.25) is 0 Å². The monoisotopic (exact) mass is 387 g/mol. The molecule has 0 saturated carbocycles. The Bertz CT molecular complexity index is 1010. The lowest BCUT2D eigenvalue weighted by Gasteiger charge is -2.25. The number of amides is 1. The first-order chi connectivity index (χ1) is 13.6. The number of carbonyl (C=O) groups excluding carboxylic acids is 1. The van der Waals surface area contributed by atoms with E-state index in [1.807, 2.05) is 0 Å². The molecule has 2 N–H and O–H groups in total. The van der Waals surface area contributed by atoms with E-state index in [9.17, 15) is 13.6 Å². The van der Waals surface area contributed by atoms with Gasteiger partial charge in [-0.05, 0) is 23.8 Å². The summed E-state index contributed by atoms with van der Waals surface area (Å²) in [5.74, 6) is -0.291. The van der Waals surface area contributed by atoms with E-state index in [2.05, 4.69) is 15.4 Å². The highest BCUT2D eigenvalue weighted by molar-refractivity contribution is 5.99. The van der Waals surface area contributed by atoms with Crippen LogP contribution in [0.2, 0.25) is 0 Å². The van der Waals surface area contributed by atoms with Gasteiger partial charge in [-0.1, -0.05) is 12.1 Å². The Kier molecular flexibility index (Phi) is 4.91. The molecule has 4 rings (SSSR count). The predicted molar refractivity (Wildman–Crippen MR) is 98.4 cm³/mol. The zero-order valence-electron chi connectivity index (χ0n) is 14.9. The molecule has 146 valence electrons. The molecule has 28 heavy (non-hydrogen) atoms. The van der Waals surface area contributed by atoms with E-state index in [1.165, 1.54) is 22.8 Å². The normalized spacial score (nSPS) is 19.3. The van der Waals surface area contributed by atoms with Gasteiger partial charge in [-0.25, -0.2) is 18.3 Å². The number of aromatic nitrogens is 3. The smallest absolute Gasteiger partial charge is 0.256 e. The number of halogens is 2. The van der Waals surface area contributed by atoms with Crippen LogP contribution in [0.15, 0.2) is 42.7 Å². The number of hydrogen-bond acceptors (Lipinski definition) is 5. The van der Waals surface area contributed by atoms with E-state index in [-0.39, 0.29) is 43.5 Å². The molecule has 3 heterocycles. The van der Waals surface area contributed by atoms with Gasteiger partial charge in [0.15, 0.2) is 5.65 Å². The van der Waals surface area contributed by atoms with Crippen molar-refractivity contribution < 1.29 is 18.7 Å². The van der Waals surface area contributed by atoms with Crippen molar-refractivity contribution in [2.75, 3.05) is 24.6 Å². The van der Waals surface area contributed by atoms with Crippen molar-refractivity contribution in [3.05, 3.63) is 59.7 Å². The lowest BCUT2D eigenvalue weighted by Crippen LogP contribution is -2.27. The van der Waals surface area contributed by atoms with Gasteiger partial charge in [-0.2, -0.15) is 5.10 Å². The molecular weight excluding hydrogens is 368 g/mol. The maximum Gasteiger partial charge on any atom is 0.256 e. The Balaban J connectivity index is 1.70. The molecule has 0 radical (unpaired) electrons. The third-order valence-corrected chi connectivity index (χ3v) is 4.77. The quantitative estimate of drug-likeness (QED) is 0.699. The average molecular weight is 387 g/mol. The summed E-state index contributed by atoms with van der Waals surface area (Å²) in [5.41, 5.74) is 1.26. The zero-order chi connectivity index (χ0) is 19.7. The number of benzene rings is 1. The van der Waals surface area contributed by atoms with Crippen LogP contribution in [0, 0.1) is 5.82 Å². The van der Waals surface area contributed by atoms with Crippen LogP contribution in [0.4, 0.5) is 14.6 Å². The predicted octanol–water partition coefficient (Wildman–Crippen LogP) is 1.88. The molecule has 1 amide bonds. The number of nitrogens with zero attached hydrogens (tertiary/aromatic N) is 4. The number of rotatable bonds is 5. The first-order valence-corrected chi connectivity index (χ1v) is 8.96. The summed E-state index contributed by atoms with van der Waals surface area (Å²) in [6.07, 6.45) is 2.21.